The first-order valence-electron chi connectivity index (χ1n) is 10.3. The fraction of sp³-hybridized carbons (Fsp3) is 0.304. The molecule has 0 saturated carbocycles. The Hall–Kier alpha value is -3.52. The molecule has 3 aliphatic rings. The summed E-state index contributed by atoms with van der Waals surface area (Å²) in [6.45, 7) is 0. The van der Waals surface area contributed by atoms with Crippen molar-refractivity contribution in [2.24, 2.45) is 5.73 Å². The molecule has 8 nitrogen and oxygen atoms in total. The maximum absolute atomic E-state index is 13.1. The lowest BCUT2D eigenvalue weighted by Gasteiger charge is -2.30. The zero-order valence-corrected chi connectivity index (χ0v) is 17.0. The number of nitrogens with two attached hydrogens (primary N) is 1. The zero-order valence-electron chi connectivity index (χ0n) is 17.0. The monoisotopic (exact) mass is 418 g/mol. The minimum Gasteiger partial charge on any atom is -0.369 e. The molecule has 0 bridgehead atoms. The number of carbonyl (C=O) groups is 4. The van der Waals surface area contributed by atoms with Crippen LogP contribution in [0.5, 0.6) is 0 Å². The highest BCUT2D eigenvalue weighted by Gasteiger charge is 2.45. The highest BCUT2D eigenvalue weighted by atomic mass is 16.2. The van der Waals surface area contributed by atoms with E-state index in [0.29, 0.717) is 0 Å². The molecule has 2 aromatic carbocycles. The average Bonchev–Trinajstić information content (AvgIpc) is 3.22. The van der Waals surface area contributed by atoms with E-state index in [0.717, 1.165) is 22.6 Å². The van der Waals surface area contributed by atoms with Crippen LogP contribution in [-0.4, -0.2) is 47.7 Å². The van der Waals surface area contributed by atoms with Crippen LogP contribution < -0.4 is 16.0 Å². The van der Waals surface area contributed by atoms with Gasteiger partial charge in [0.25, 0.3) is 11.8 Å². The van der Waals surface area contributed by atoms with Crippen molar-refractivity contribution in [3.8, 4) is 0 Å². The summed E-state index contributed by atoms with van der Waals surface area (Å²) < 4.78 is 0. The quantitative estimate of drug-likeness (QED) is 0.723. The molecular formula is C23H22N4O4. The van der Waals surface area contributed by atoms with Crippen LogP contribution in [-0.2, 0) is 16.0 Å². The molecular weight excluding hydrogens is 396 g/mol. The molecule has 31 heavy (non-hydrogen) atoms. The van der Waals surface area contributed by atoms with E-state index in [1.165, 1.54) is 5.56 Å². The molecule has 5 rings (SSSR count). The number of hydrogen-bond acceptors (Lipinski definition) is 6. The van der Waals surface area contributed by atoms with Gasteiger partial charge >= 0.3 is 0 Å². The van der Waals surface area contributed by atoms with Crippen LogP contribution in [0.2, 0.25) is 0 Å². The summed E-state index contributed by atoms with van der Waals surface area (Å²) in [5, 5.41) is 2.21. The maximum Gasteiger partial charge on any atom is 0.262 e. The van der Waals surface area contributed by atoms with Crippen molar-refractivity contribution in [1.82, 2.24) is 10.2 Å². The standard InChI is InChI=1S/C23H22N4O4/c1-26(18-10-12-4-2-3-5-14(12)20(18)24)13-6-7-15-16(11-13)23(31)27(22(15)30)17-8-9-19(28)25-21(17)29/h2-7,11,17-18,20H,8-10,24H2,1H3,(H,25,28,29)/t17?,18-,20+/m1/s1. The number of nitrogens with one attached hydrogen (secondary N) is 1. The summed E-state index contributed by atoms with van der Waals surface area (Å²) in [6, 6.07) is 12.1. The molecule has 0 spiro atoms. The van der Waals surface area contributed by atoms with Gasteiger partial charge in [-0.2, -0.15) is 0 Å². The van der Waals surface area contributed by atoms with Crippen LogP contribution >= 0.6 is 0 Å². The van der Waals surface area contributed by atoms with Gasteiger partial charge in [0.15, 0.2) is 0 Å². The Labute approximate surface area is 179 Å². The van der Waals surface area contributed by atoms with Crippen LogP contribution in [0.15, 0.2) is 42.5 Å². The summed E-state index contributed by atoms with van der Waals surface area (Å²) in [5.41, 5.74) is 10.1. The minimum absolute atomic E-state index is 0.0221. The number of imide groups is 2. The molecule has 8 heteroatoms. The molecule has 1 unspecified atom stereocenters. The first-order chi connectivity index (χ1) is 14.9. The first-order valence-corrected chi connectivity index (χ1v) is 10.3. The van der Waals surface area contributed by atoms with Gasteiger partial charge < -0.3 is 10.6 Å². The van der Waals surface area contributed by atoms with Gasteiger partial charge in [-0.25, -0.2) is 0 Å². The van der Waals surface area contributed by atoms with Gasteiger partial charge in [0.05, 0.1) is 23.2 Å². The number of nitrogens with zero attached hydrogens (tertiary/aromatic N) is 2. The fourth-order valence-electron chi connectivity index (χ4n) is 4.85. The van der Waals surface area contributed by atoms with Crippen LogP contribution in [0, 0.1) is 0 Å². The molecule has 1 fully saturated rings. The van der Waals surface area contributed by atoms with E-state index in [2.05, 4.69) is 11.4 Å². The van der Waals surface area contributed by atoms with Crippen LogP contribution in [0.4, 0.5) is 5.69 Å². The highest BCUT2D eigenvalue weighted by molar-refractivity contribution is 6.23. The number of hydrogen-bond donors (Lipinski definition) is 2. The Morgan fingerprint density at radius 2 is 1.77 bits per heavy atom. The van der Waals surface area contributed by atoms with Crippen molar-refractivity contribution >= 4 is 29.3 Å². The third-order valence-electron chi connectivity index (χ3n) is 6.59. The lowest BCUT2D eigenvalue weighted by molar-refractivity contribution is -0.136. The van der Waals surface area contributed by atoms with Crippen molar-refractivity contribution in [3.63, 3.8) is 0 Å². The van der Waals surface area contributed by atoms with Gasteiger partial charge in [0.1, 0.15) is 6.04 Å². The van der Waals surface area contributed by atoms with Crippen molar-refractivity contribution in [2.45, 2.75) is 37.4 Å². The highest BCUT2D eigenvalue weighted by Crippen LogP contribution is 2.36. The summed E-state index contributed by atoms with van der Waals surface area (Å²) in [6.07, 6.45) is 1.02. The Morgan fingerprint density at radius 3 is 2.52 bits per heavy atom. The van der Waals surface area contributed by atoms with Crippen molar-refractivity contribution in [3.05, 3.63) is 64.7 Å². The van der Waals surface area contributed by atoms with Crippen molar-refractivity contribution in [1.29, 1.82) is 0 Å². The second kappa shape index (κ2) is 7.02. The van der Waals surface area contributed by atoms with Crippen LogP contribution in [0.25, 0.3) is 0 Å². The number of fused-ring (bicyclic) bond motifs is 2. The zero-order chi connectivity index (χ0) is 21.9. The van der Waals surface area contributed by atoms with Gasteiger partial charge in [-0.15, -0.1) is 0 Å². The maximum atomic E-state index is 13.1. The predicted molar refractivity (Wildman–Crippen MR) is 112 cm³/mol. The Kier molecular flexibility index (Phi) is 4.40. The molecule has 0 radical (unpaired) electrons. The number of benzene rings is 2. The lowest BCUT2D eigenvalue weighted by atomic mass is 10.0. The topological polar surface area (TPSA) is 113 Å². The summed E-state index contributed by atoms with van der Waals surface area (Å²) in [5.74, 6) is -2.02. The van der Waals surface area contributed by atoms with Crippen LogP contribution in [0.1, 0.15) is 50.7 Å². The number of anilines is 1. The molecule has 1 saturated heterocycles. The number of piperidine rings is 1. The Morgan fingerprint density at radius 1 is 1.03 bits per heavy atom. The number of carbonyl (C=O) groups excluding carboxylic acids is 4. The largest absolute Gasteiger partial charge is 0.369 e. The number of likely N-dealkylation sites (N-methyl/N-ethyl adjacent to an activating group) is 1. The van der Waals surface area contributed by atoms with Gasteiger partial charge in [0, 0.05) is 19.2 Å². The normalized spacial score (nSPS) is 24.8. The molecule has 2 heterocycles. The van der Waals surface area contributed by atoms with E-state index in [-0.39, 0.29) is 36.1 Å². The molecule has 1 aliphatic carbocycles. The number of amides is 4. The van der Waals surface area contributed by atoms with Gasteiger partial charge in [0.2, 0.25) is 11.8 Å². The van der Waals surface area contributed by atoms with Gasteiger partial charge in [-0.1, -0.05) is 24.3 Å². The third kappa shape index (κ3) is 2.94. The van der Waals surface area contributed by atoms with E-state index < -0.39 is 29.7 Å². The number of rotatable bonds is 3. The van der Waals surface area contributed by atoms with Crippen molar-refractivity contribution in [2.75, 3.05) is 11.9 Å². The van der Waals surface area contributed by atoms with E-state index in [1.54, 1.807) is 18.2 Å². The molecule has 158 valence electrons. The second-order valence-corrected chi connectivity index (χ2v) is 8.28. The van der Waals surface area contributed by atoms with E-state index in [4.69, 9.17) is 5.73 Å². The van der Waals surface area contributed by atoms with E-state index in [9.17, 15) is 19.2 Å². The Balaban J connectivity index is 1.42. The molecule has 4 amide bonds. The fourth-order valence-corrected chi connectivity index (χ4v) is 4.85. The molecule has 0 aromatic heterocycles. The molecule has 3 N–H and O–H groups in total. The summed E-state index contributed by atoms with van der Waals surface area (Å²) in [7, 11) is 1.93. The third-order valence-corrected chi connectivity index (χ3v) is 6.59. The second-order valence-electron chi connectivity index (χ2n) is 8.28. The minimum atomic E-state index is -0.968. The summed E-state index contributed by atoms with van der Waals surface area (Å²) in [4.78, 5) is 52.6. The molecule has 2 aliphatic heterocycles. The lowest BCUT2D eigenvalue weighted by Crippen LogP contribution is -2.54. The summed E-state index contributed by atoms with van der Waals surface area (Å²) >= 11 is 0. The SMILES string of the molecule is CN(c1ccc2c(c1)C(=O)N(C1CCC(=O)NC1=O)C2=O)[C@@H]1Cc2ccccc2[C@@H]1N. The van der Waals surface area contributed by atoms with Gasteiger partial charge in [-0.05, 0) is 42.2 Å². The van der Waals surface area contributed by atoms with Crippen molar-refractivity contribution < 1.29 is 19.2 Å². The molecule has 2 aromatic rings. The van der Waals surface area contributed by atoms with E-state index in [1.807, 2.05) is 30.1 Å². The Bertz CT molecular complexity index is 1140. The van der Waals surface area contributed by atoms with Gasteiger partial charge in [-0.3, -0.25) is 29.4 Å². The predicted octanol–water partition coefficient (Wildman–Crippen LogP) is 1.15. The van der Waals surface area contributed by atoms with E-state index >= 15 is 0 Å². The smallest absolute Gasteiger partial charge is 0.262 e. The van der Waals surface area contributed by atoms with Crippen LogP contribution in [0.3, 0.4) is 0 Å². The molecule has 3 atom stereocenters. The first kappa shape index (κ1) is 19.4. The average molecular weight is 418 g/mol.